The normalized spacial score (nSPS) is 15.4. The van der Waals surface area contributed by atoms with Gasteiger partial charge in [0.15, 0.2) is 4.80 Å². The van der Waals surface area contributed by atoms with E-state index in [2.05, 4.69) is 53.1 Å². The van der Waals surface area contributed by atoms with Crippen LogP contribution in [-0.2, 0) is 18.4 Å². The number of carbonyl (C=O) groups is 2. The summed E-state index contributed by atoms with van der Waals surface area (Å²) in [4.78, 5) is 33.8. The molecule has 0 atom stereocenters. The van der Waals surface area contributed by atoms with Crippen LogP contribution in [0.25, 0.3) is 0 Å². The summed E-state index contributed by atoms with van der Waals surface area (Å²) in [6.45, 7) is 3.80. The second-order valence-electron chi connectivity index (χ2n) is 6.76. The van der Waals surface area contributed by atoms with Gasteiger partial charge in [0.1, 0.15) is 0 Å². The van der Waals surface area contributed by atoms with Crippen molar-refractivity contribution in [2.24, 2.45) is 12.0 Å². The molecule has 1 aromatic carbocycles. The molecule has 0 aliphatic carbocycles. The second-order valence-corrected chi connectivity index (χ2v) is 8.85. The molecule has 1 aliphatic rings. The van der Waals surface area contributed by atoms with E-state index in [-0.39, 0.29) is 18.5 Å². The minimum Gasteiger partial charge on any atom is -0.339 e. The fourth-order valence-electron chi connectivity index (χ4n) is 3.11. The number of piperazine rings is 1. The number of nitrogens with zero attached hydrogens (tertiary/aromatic N) is 4. The predicted octanol–water partition coefficient (Wildman–Crippen LogP) is 1.69. The predicted molar refractivity (Wildman–Crippen MR) is 123 cm³/mol. The van der Waals surface area contributed by atoms with Gasteiger partial charge in [-0.3, -0.25) is 14.7 Å². The standard InChI is InChI=1S/C19H25IN6O2S/c1-21-19-24(2)16(13-29-19)12-25-7-9-26(10-8-25)17(27)11-22-18(28)23-15-5-3-14(20)4-6-15/h3-6,13H,7-12H2,1-2H3,(H2,22,23,28)/b21-19-. The third kappa shape index (κ3) is 6.03. The maximum Gasteiger partial charge on any atom is 0.319 e. The summed E-state index contributed by atoms with van der Waals surface area (Å²) in [5, 5.41) is 7.51. The summed E-state index contributed by atoms with van der Waals surface area (Å²) in [6, 6.07) is 7.10. The number of hydrogen-bond acceptors (Lipinski definition) is 5. The molecule has 10 heteroatoms. The molecule has 1 saturated heterocycles. The van der Waals surface area contributed by atoms with E-state index in [1.54, 1.807) is 18.4 Å². The van der Waals surface area contributed by atoms with E-state index in [4.69, 9.17) is 0 Å². The van der Waals surface area contributed by atoms with Gasteiger partial charge in [-0.05, 0) is 46.9 Å². The molecule has 8 nitrogen and oxygen atoms in total. The van der Waals surface area contributed by atoms with Gasteiger partial charge < -0.3 is 20.1 Å². The topological polar surface area (TPSA) is 82.0 Å². The zero-order valence-corrected chi connectivity index (χ0v) is 19.5. The van der Waals surface area contributed by atoms with E-state index >= 15 is 0 Å². The molecular formula is C19H25IN6O2S. The van der Waals surface area contributed by atoms with Crippen LogP contribution < -0.4 is 15.4 Å². The van der Waals surface area contributed by atoms with Gasteiger partial charge in [0.25, 0.3) is 0 Å². The summed E-state index contributed by atoms with van der Waals surface area (Å²) in [7, 11) is 3.83. The van der Waals surface area contributed by atoms with E-state index in [0.717, 1.165) is 28.0 Å². The number of hydrogen-bond donors (Lipinski definition) is 2. The highest BCUT2D eigenvalue weighted by molar-refractivity contribution is 14.1. The molecule has 0 bridgehead atoms. The van der Waals surface area contributed by atoms with Gasteiger partial charge in [0.05, 0.1) is 6.54 Å². The van der Waals surface area contributed by atoms with E-state index in [1.165, 1.54) is 5.69 Å². The molecule has 0 spiro atoms. The van der Waals surface area contributed by atoms with E-state index in [9.17, 15) is 9.59 Å². The Morgan fingerprint density at radius 3 is 2.48 bits per heavy atom. The second kappa shape index (κ2) is 10.2. The minimum atomic E-state index is -0.375. The first kappa shape index (κ1) is 21.8. The van der Waals surface area contributed by atoms with Crippen LogP contribution in [0.15, 0.2) is 34.6 Å². The van der Waals surface area contributed by atoms with Crippen molar-refractivity contribution in [1.82, 2.24) is 19.7 Å². The number of rotatable bonds is 5. The van der Waals surface area contributed by atoms with Gasteiger partial charge in [-0.2, -0.15) is 0 Å². The van der Waals surface area contributed by atoms with Crippen molar-refractivity contribution in [2.45, 2.75) is 6.54 Å². The highest BCUT2D eigenvalue weighted by Gasteiger charge is 2.22. The molecular weight excluding hydrogens is 503 g/mol. The highest BCUT2D eigenvalue weighted by Crippen LogP contribution is 2.11. The number of anilines is 1. The monoisotopic (exact) mass is 528 g/mol. The molecule has 3 rings (SSSR count). The Morgan fingerprint density at radius 2 is 1.86 bits per heavy atom. The largest absolute Gasteiger partial charge is 0.339 e. The first-order chi connectivity index (χ1) is 14.0. The average Bonchev–Trinajstić information content (AvgIpc) is 3.08. The van der Waals surface area contributed by atoms with E-state index in [0.29, 0.717) is 18.8 Å². The SMILES string of the molecule is C/N=c1\scc(CN2CCN(C(=O)CNC(=O)Nc3ccc(I)cc3)CC2)n1C. The van der Waals surface area contributed by atoms with Gasteiger partial charge in [-0.1, -0.05) is 0 Å². The molecule has 156 valence electrons. The van der Waals surface area contributed by atoms with Gasteiger partial charge >= 0.3 is 6.03 Å². The van der Waals surface area contributed by atoms with Gasteiger partial charge in [0, 0.05) is 67.2 Å². The van der Waals surface area contributed by atoms with Crippen molar-refractivity contribution in [2.75, 3.05) is 45.1 Å². The van der Waals surface area contributed by atoms with Crippen LogP contribution in [0.3, 0.4) is 0 Å². The maximum absolute atomic E-state index is 12.4. The molecule has 1 fully saturated rings. The third-order valence-electron chi connectivity index (χ3n) is 4.82. The molecule has 3 amide bonds. The molecule has 1 aliphatic heterocycles. The lowest BCUT2D eigenvalue weighted by Gasteiger charge is -2.34. The van der Waals surface area contributed by atoms with Crippen molar-refractivity contribution in [1.29, 1.82) is 0 Å². The number of halogens is 1. The van der Waals surface area contributed by atoms with Crippen LogP contribution in [-0.4, -0.2) is 66.1 Å². The Kier molecular flexibility index (Phi) is 7.67. The van der Waals surface area contributed by atoms with E-state index < -0.39 is 0 Å². The summed E-state index contributed by atoms with van der Waals surface area (Å²) in [6.07, 6.45) is 0. The van der Waals surface area contributed by atoms with Crippen LogP contribution in [0, 0.1) is 3.57 Å². The molecule has 0 unspecified atom stereocenters. The average molecular weight is 528 g/mol. The number of thiazole rings is 1. The molecule has 29 heavy (non-hydrogen) atoms. The van der Waals surface area contributed by atoms with Crippen molar-refractivity contribution >= 4 is 51.6 Å². The van der Waals surface area contributed by atoms with Crippen LogP contribution in [0.4, 0.5) is 10.5 Å². The first-order valence-corrected chi connectivity index (χ1v) is 11.3. The number of benzene rings is 1. The Labute approximate surface area is 187 Å². The Morgan fingerprint density at radius 1 is 1.17 bits per heavy atom. The summed E-state index contributed by atoms with van der Waals surface area (Å²) in [5.74, 6) is -0.0597. The van der Waals surface area contributed by atoms with Crippen molar-refractivity contribution in [3.63, 3.8) is 0 Å². The lowest BCUT2D eigenvalue weighted by atomic mass is 10.3. The zero-order chi connectivity index (χ0) is 20.8. The lowest BCUT2D eigenvalue weighted by Crippen LogP contribution is -2.51. The molecule has 2 heterocycles. The highest BCUT2D eigenvalue weighted by atomic mass is 127. The Hall–Kier alpha value is -1.92. The van der Waals surface area contributed by atoms with Crippen LogP contribution >= 0.6 is 33.9 Å². The van der Waals surface area contributed by atoms with Crippen molar-refractivity contribution in [3.05, 3.63) is 43.7 Å². The van der Waals surface area contributed by atoms with Crippen molar-refractivity contribution in [3.8, 4) is 0 Å². The number of carbonyl (C=O) groups excluding carboxylic acids is 2. The summed E-state index contributed by atoms with van der Waals surface area (Å²) < 4.78 is 3.20. The number of aromatic nitrogens is 1. The van der Waals surface area contributed by atoms with Crippen LogP contribution in [0.1, 0.15) is 5.69 Å². The number of nitrogens with one attached hydrogen (secondary N) is 2. The Bertz CT molecular complexity index is 916. The molecule has 0 saturated carbocycles. The zero-order valence-electron chi connectivity index (χ0n) is 16.5. The fraction of sp³-hybridized carbons (Fsp3) is 0.421. The summed E-state index contributed by atoms with van der Waals surface area (Å²) in [5.41, 5.74) is 1.92. The van der Waals surface area contributed by atoms with Crippen LogP contribution in [0.5, 0.6) is 0 Å². The van der Waals surface area contributed by atoms with Crippen molar-refractivity contribution < 1.29 is 9.59 Å². The summed E-state index contributed by atoms with van der Waals surface area (Å²) >= 11 is 3.84. The fourth-order valence-corrected chi connectivity index (χ4v) is 4.32. The quantitative estimate of drug-likeness (QED) is 0.580. The molecule has 2 N–H and O–H groups in total. The van der Waals surface area contributed by atoms with E-state index in [1.807, 2.05) is 36.2 Å². The van der Waals surface area contributed by atoms with Gasteiger partial charge in [-0.15, -0.1) is 11.3 Å². The first-order valence-electron chi connectivity index (χ1n) is 9.33. The maximum atomic E-state index is 12.4. The third-order valence-corrected chi connectivity index (χ3v) is 6.60. The molecule has 0 radical (unpaired) electrons. The molecule has 2 aromatic rings. The lowest BCUT2D eigenvalue weighted by molar-refractivity contribution is -0.131. The molecule has 1 aromatic heterocycles. The van der Waals surface area contributed by atoms with Gasteiger partial charge in [0.2, 0.25) is 5.91 Å². The Balaban J connectivity index is 1.40. The smallest absolute Gasteiger partial charge is 0.319 e. The number of amides is 3. The number of urea groups is 1. The minimum absolute atomic E-state index is 0.00292. The van der Waals surface area contributed by atoms with Gasteiger partial charge in [-0.25, -0.2) is 4.79 Å². The van der Waals surface area contributed by atoms with Crippen LogP contribution in [0.2, 0.25) is 0 Å².